The second-order valence-corrected chi connectivity index (χ2v) is 9.55. The van der Waals surface area contributed by atoms with Gasteiger partial charge in [0.1, 0.15) is 12.4 Å². The van der Waals surface area contributed by atoms with E-state index in [2.05, 4.69) is 20.7 Å². The first-order chi connectivity index (χ1) is 20.8. The molecule has 2 aromatic carbocycles. The van der Waals surface area contributed by atoms with Gasteiger partial charge in [-0.1, -0.05) is 23.7 Å². The topological polar surface area (TPSA) is 81.1 Å². The molecule has 0 saturated heterocycles. The molecule has 0 fully saturated rings. The number of carbonyl (C=O) groups excluding carboxylic acids is 1. The number of halogens is 8. The molecule has 0 aliphatic carbocycles. The van der Waals surface area contributed by atoms with Gasteiger partial charge in [0.25, 0.3) is 0 Å². The number of alkyl halides is 5. The maximum Gasteiger partial charge on any atom is 0.460 e. The monoisotopic (exact) mass is 641 g/mol. The minimum absolute atomic E-state index is 0.00620. The Morgan fingerprint density at radius 2 is 1.80 bits per heavy atom. The molecule has 0 bridgehead atoms. The fourth-order valence-electron chi connectivity index (χ4n) is 4.01. The standard InChI is InChI=1S/C29H23ClF7N5O2/c1-38-24(43)3-2-10-39-11-12-44-25-9-5-18(15-40-25)26(27(32)28(33,34)29(35,36)37)17-4-7-22-19(13-17)16-41-42(22)23-8-6-20(31)14-21(23)30/h2-9,13-16,39H,10-12H2,1H3,(H,38,43)/b3-2+,27-26-. The highest BCUT2D eigenvalue weighted by molar-refractivity contribution is 6.32. The first kappa shape index (κ1) is 32.5. The van der Waals surface area contributed by atoms with Gasteiger partial charge >= 0.3 is 12.1 Å². The molecule has 7 nitrogen and oxygen atoms in total. The molecular formula is C29H23ClF7N5O2. The Labute approximate surface area is 251 Å². The van der Waals surface area contributed by atoms with E-state index in [1.807, 2.05) is 0 Å². The van der Waals surface area contributed by atoms with Crippen LogP contribution >= 0.6 is 11.6 Å². The summed E-state index contributed by atoms with van der Waals surface area (Å²) < 4.78 is 104. The number of hydrogen-bond donors (Lipinski definition) is 2. The first-order valence-electron chi connectivity index (χ1n) is 12.8. The van der Waals surface area contributed by atoms with Gasteiger partial charge in [0, 0.05) is 55.0 Å². The van der Waals surface area contributed by atoms with Crippen molar-refractivity contribution in [1.29, 1.82) is 0 Å². The summed E-state index contributed by atoms with van der Waals surface area (Å²) in [5.74, 6) is -9.39. The van der Waals surface area contributed by atoms with Crippen molar-refractivity contribution >= 4 is 34.0 Å². The lowest BCUT2D eigenvalue weighted by atomic mass is 9.95. The third-order valence-corrected chi connectivity index (χ3v) is 6.48. The van der Waals surface area contributed by atoms with Gasteiger partial charge < -0.3 is 15.4 Å². The average Bonchev–Trinajstić information content (AvgIpc) is 3.39. The van der Waals surface area contributed by atoms with Crippen molar-refractivity contribution in [2.75, 3.05) is 26.7 Å². The van der Waals surface area contributed by atoms with E-state index >= 15 is 4.39 Å². The Bertz CT molecular complexity index is 1700. The van der Waals surface area contributed by atoms with E-state index in [9.17, 15) is 31.1 Å². The summed E-state index contributed by atoms with van der Waals surface area (Å²) in [7, 11) is 1.49. The second kappa shape index (κ2) is 13.5. The van der Waals surface area contributed by atoms with E-state index in [1.54, 1.807) is 6.08 Å². The number of fused-ring (bicyclic) bond motifs is 1. The third-order valence-electron chi connectivity index (χ3n) is 6.18. The molecular weight excluding hydrogens is 619 g/mol. The number of amides is 1. The Morgan fingerprint density at radius 3 is 2.45 bits per heavy atom. The van der Waals surface area contributed by atoms with Crippen LogP contribution in [0, 0.1) is 5.82 Å². The van der Waals surface area contributed by atoms with Crippen molar-refractivity contribution in [1.82, 2.24) is 25.4 Å². The molecule has 44 heavy (non-hydrogen) atoms. The number of rotatable bonds is 11. The summed E-state index contributed by atoms with van der Waals surface area (Å²) in [5, 5.41) is 9.80. The number of nitrogens with zero attached hydrogens (tertiary/aromatic N) is 3. The van der Waals surface area contributed by atoms with Crippen LogP contribution in [0.2, 0.25) is 5.02 Å². The predicted molar refractivity (Wildman–Crippen MR) is 150 cm³/mol. The Morgan fingerprint density at radius 1 is 1.05 bits per heavy atom. The van der Waals surface area contributed by atoms with E-state index in [-0.39, 0.29) is 45.6 Å². The summed E-state index contributed by atoms with van der Waals surface area (Å²) in [5.41, 5.74) is -1.11. The summed E-state index contributed by atoms with van der Waals surface area (Å²) in [6, 6.07) is 9.52. The number of ether oxygens (including phenoxy) is 1. The molecule has 4 aromatic rings. The zero-order chi connectivity index (χ0) is 32.1. The number of aromatic nitrogens is 3. The predicted octanol–water partition coefficient (Wildman–Crippen LogP) is 6.41. The molecule has 0 saturated carbocycles. The van der Waals surface area contributed by atoms with E-state index in [1.165, 1.54) is 48.3 Å². The molecule has 0 spiro atoms. The maximum atomic E-state index is 15.2. The molecule has 4 rings (SSSR count). The van der Waals surface area contributed by atoms with Crippen LogP contribution in [0.5, 0.6) is 5.88 Å². The summed E-state index contributed by atoms with van der Waals surface area (Å²) in [4.78, 5) is 15.1. The quantitative estimate of drug-likeness (QED) is 0.112. The summed E-state index contributed by atoms with van der Waals surface area (Å²) in [6.07, 6.45) is -1.09. The first-order valence-corrected chi connectivity index (χ1v) is 13.2. The van der Waals surface area contributed by atoms with Gasteiger partial charge in [0.15, 0.2) is 5.83 Å². The fraction of sp³-hybridized carbons (Fsp3) is 0.207. The van der Waals surface area contributed by atoms with E-state index < -0.39 is 29.3 Å². The van der Waals surface area contributed by atoms with E-state index in [0.717, 1.165) is 30.5 Å². The van der Waals surface area contributed by atoms with Crippen molar-refractivity contribution < 1.29 is 40.3 Å². The molecule has 0 unspecified atom stereocenters. The van der Waals surface area contributed by atoms with Gasteiger partial charge in [-0.15, -0.1) is 0 Å². The zero-order valence-electron chi connectivity index (χ0n) is 22.7. The van der Waals surface area contributed by atoms with Crippen LogP contribution in [0.3, 0.4) is 0 Å². The van der Waals surface area contributed by atoms with Crippen LogP contribution in [0.25, 0.3) is 22.2 Å². The number of nitrogens with one attached hydrogen (secondary N) is 2. The van der Waals surface area contributed by atoms with E-state index in [4.69, 9.17) is 16.3 Å². The number of hydrogen-bond acceptors (Lipinski definition) is 5. The molecule has 0 aliphatic rings. The van der Waals surface area contributed by atoms with Crippen LogP contribution in [0.1, 0.15) is 11.1 Å². The molecule has 2 N–H and O–H groups in total. The lowest BCUT2D eigenvalue weighted by Crippen LogP contribution is -2.37. The lowest BCUT2D eigenvalue weighted by molar-refractivity contribution is -0.270. The molecule has 0 radical (unpaired) electrons. The van der Waals surface area contributed by atoms with Crippen molar-refractivity contribution in [3.05, 3.63) is 101 Å². The van der Waals surface area contributed by atoms with Gasteiger partial charge in [0.05, 0.1) is 22.4 Å². The Balaban J connectivity index is 1.63. The minimum atomic E-state index is -6.21. The van der Waals surface area contributed by atoms with Gasteiger partial charge in [-0.2, -0.15) is 27.1 Å². The van der Waals surface area contributed by atoms with Gasteiger partial charge in [-0.25, -0.2) is 18.4 Å². The molecule has 2 heterocycles. The highest BCUT2D eigenvalue weighted by Gasteiger charge is 2.62. The van der Waals surface area contributed by atoms with Crippen LogP contribution < -0.4 is 15.4 Å². The molecule has 1 amide bonds. The number of benzene rings is 2. The van der Waals surface area contributed by atoms with Crippen LogP contribution in [0.4, 0.5) is 30.7 Å². The largest absolute Gasteiger partial charge is 0.476 e. The van der Waals surface area contributed by atoms with Crippen LogP contribution in [0.15, 0.2) is 78.9 Å². The SMILES string of the molecule is CNC(=O)/C=C/CNCCOc1ccc(/C(=C(\F)C(F)(F)C(F)(F)F)c2ccc3c(cnn3-c3ccc(F)cc3Cl)c2)cn1. The van der Waals surface area contributed by atoms with Crippen molar-refractivity contribution in [3.63, 3.8) is 0 Å². The van der Waals surface area contributed by atoms with Crippen molar-refractivity contribution in [2.24, 2.45) is 0 Å². The maximum absolute atomic E-state index is 15.2. The summed E-state index contributed by atoms with van der Waals surface area (Å²) >= 11 is 6.12. The molecule has 0 atom stereocenters. The smallest absolute Gasteiger partial charge is 0.460 e. The van der Waals surface area contributed by atoms with Gasteiger partial charge in [-0.05, 0) is 42.0 Å². The molecule has 0 aliphatic heterocycles. The van der Waals surface area contributed by atoms with E-state index in [0.29, 0.717) is 18.6 Å². The van der Waals surface area contributed by atoms with Gasteiger partial charge in [-0.3, -0.25) is 4.79 Å². The fourth-order valence-corrected chi connectivity index (χ4v) is 4.26. The number of carbonyl (C=O) groups is 1. The van der Waals surface area contributed by atoms with Gasteiger partial charge in [0.2, 0.25) is 11.8 Å². The molecule has 15 heteroatoms. The highest BCUT2D eigenvalue weighted by atomic mass is 35.5. The van der Waals surface area contributed by atoms with Crippen LogP contribution in [-0.2, 0) is 4.79 Å². The average molecular weight is 642 g/mol. The van der Waals surface area contributed by atoms with Crippen LogP contribution in [-0.4, -0.2) is 59.5 Å². The number of likely N-dealkylation sites (N-methyl/N-ethyl adjacent to an activating group) is 1. The number of pyridine rings is 1. The Hall–Kier alpha value is -4.43. The van der Waals surface area contributed by atoms with Crippen molar-refractivity contribution in [2.45, 2.75) is 12.1 Å². The Kier molecular flexibility index (Phi) is 9.95. The second-order valence-electron chi connectivity index (χ2n) is 9.14. The third kappa shape index (κ3) is 7.19. The minimum Gasteiger partial charge on any atom is -0.476 e. The lowest BCUT2D eigenvalue weighted by Gasteiger charge is -2.21. The zero-order valence-corrected chi connectivity index (χ0v) is 23.5. The van der Waals surface area contributed by atoms with Crippen molar-refractivity contribution in [3.8, 4) is 11.6 Å². The highest BCUT2D eigenvalue weighted by Crippen LogP contribution is 2.46. The summed E-state index contributed by atoms with van der Waals surface area (Å²) in [6.45, 7) is 0.794. The normalized spacial score (nSPS) is 12.9. The molecule has 232 valence electrons. The number of allylic oxidation sites excluding steroid dienone is 1. The molecule has 2 aromatic heterocycles.